The Bertz CT molecular complexity index is 725. The van der Waals surface area contributed by atoms with E-state index in [1.54, 1.807) is 0 Å². The third-order valence-electron chi connectivity index (χ3n) is 3.99. The Morgan fingerprint density at radius 3 is 2.68 bits per heavy atom. The minimum Gasteiger partial charge on any atom is -0.379 e. The summed E-state index contributed by atoms with van der Waals surface area (Å²) < 4.78 is 5.37. The highest BCUT2D eigenvalue weighted by molar-refractivity contribution is 5.78. The van der Waals surface area contributed by atoms with Crippen LogP contribution in [0.2, 0.25) is 0 Å². The molecule has 0 atom stereocenters. The van der Waals surface area contributed by atoms with Crippen LogP contribution in [-0.2, 0) is 16.7 Å². The van der Waals surface area contributed by atoms with E-state index in [-0.39, 0.29) is 11.0 Å². The summed E-state index contributed by atoms with van der Waals surface area (Å²) in [6, 6.07) is 5.98. The molecule has 2 heterocycles. The van der Waals surface area contributed by atoms with Gasteiger partial charge in [-0.2, -0.15) is 0 Å². The predicted molar refractivity (Wildman–Crippen MR) is 87.2 cm³/mol. The van der Waals surface area contributed by atoms with Crippen LogP contribution in [0, 0.1) is 0 Å². The van der Waals surface area contributed by atoms with E-state index >= 15 is 0 Å². The molecule has 0 radical (unpaired) electrons. The average molecular weight is 301 g/mol. The van der Waals surface area contributed by atoms with E-state index in [2.05, 4.69) is 20.9 Å². The van der Waals surface area contributed by atoms with E-state index in [1.807, 2.05) is 32.9 Å². The maximum absolute atomic E-state index is 12.4. The van der Waals surface area contributed by atoms with Gasteiger partial charge in [0.1, 0.15) is 5.82 Å². The molecule has 5 heteroatoms. The summed E-state index contributed by atoms with van der Waals surface area (Å²) in [5, 5.41) is 0.666. The number of aromatic nitrogens is 2. The third kappa shape index (κ3) is 3.20. The zero-order valence-electron chi connectivity index (χ0n) is 13.5. The van der Waals surface area contributed by atoms with Crippen molar-refractivity contribution in [3.05, 3.63) is 39.9 Å². The first-order valence-corrected chi connectivity index (χ1v) is 7.77. The fourth-order valence-corrected chi connectivity index (χ4v) is 2.66. The molecule has 0 spiro atoms. The quantitative estimate of drug-likeness (QED) is 0.922. The second kappa shape index (κ2) is 5.82. The second-order valence-electron chi connectivity index (χ2n) is 6.90. The molecule has 1 aliphatic heterocycles. The van der Waals surface area contributed by atoms with Crippen molar-refractivity contribution in [1.82, 2.24) is 14.9 Å². The number of aromatic amines is 1. The maximum Gasteiger partial charge on any atom is 0.258 e. The molecule has 2 aromatic rings. The van der Waals surface area contributed by atoms with Gasteiger partial charge in [0.15, 0.2) is 0 Å². The molecule has 1 aliphatic rings. The first-order valence-electron chi connectivity index (χ1n) is 7.77. The second-order valence-corrected chi connectivity index (χ2v) is 6.90. The Morgan fingerprint density at radius 1 is 1.27 bits per heavy atom. The minimum atomic E-state index is -0.167. The Balaban J connectivity index is 1.93. The van der Waals surface area contributed by atoms with Gasteiger partial charge in [0.2, 0.25) is 0 Å². The zero-order valence-corrected chi connectivity index (χ0v) is 13.5. The number of H-pyrrole nitrogens is 1. The van der Waals surface area contributed by atoms with Crippen LogP contribution in [0.5, 0.6) is 0 Å². The van der Waals surface area contributed by atoms with Gasteiger partial charge in [-0.25, -0.2) is 4.98 Å². The van der Waals surface area contributed by atoms with Gasteiger partial charge in [-0.1, -0.05) is 26.8 Å². The molecule has 1 N–H and O–H groups in total. The Kier molecular flexibility index (Phi) is 4.02. The van der Waals surface area contributed by atoms with Crippen molar-refractivity contribution in [2.24, 2.45) is 0 Å². The third-order valence-corrected chi connectivity index (χ3v) is 3.99. The fraction of sp³-hybridized carbons (Fsp3) is 0.529. The lowest BCUT2D eigenvalue weighted by Gasteiger charge is -2.26. The highest BCUT2D eigenvalue weighted by Crippen LogP contribution is 2.19. The summed E-state index contributed by atoms with van der Waals surface area (Å²) in [6.07, 6.45) is 0. The molecule has 0 aliphatic carbocycles. The number of nitrogens with one attached hydrogen (secondary N) is 1. The van der Waals surface area contributed by atoms with Gasteiger partial charge in [-0.3, -0.25) is 9.69 Å². The predicted octanol–water partition coefficient (Wildman–Crippen LogP) is 2.05. The van der Waals surface area contributed by atoms with Gasteiger partial charge in [0.05, 0.1) is 24.1 Å². The number of benzene rings is 1. The maximum atomic E-state index is 12.4. The normalized spacial score (nSPS) is 17.0. The van der Waals surface area contributed by atoms with Gasteiger partial charge in [-0.05, 0) is 17.7 Å². The number of ether oxygens (including phenoxy) is 1. The molecule has 1 saturated heterocycles. The van der Waals surface area contributed by atoms with E-state index in [0.717, 1.165) is 49.8 Å². The summed E-state index contributed by atoms with van der Waals surface area (Å²) in [5.74, 6) is 0.728. The molecule has 0 amide bonds. The summed E-state index contributed by atoms with van der Waals surface area (Å²) in [6.45, 7) is 10.4. The molecular formula is C17H23N3O2. The van der Waals surface area contributed by atoms with Gasteiger partial charge in [-0.15, -0.1) is 0 Å². The smallest absolute Gasteiger partial charge is 0.258 e. The molecule has 1 aromatic heterocycles. The molecule has 0 unspecified atom stereocenters. The van der Waals surface area contributed by atoms with Crippen LogP contribution in [0.15, 0.2) is 23.0 Å². The van der Waals surface area contributed by atoms with E-state index in [4.69, 9.17) is 4.74 Å². The van der Waals surface area contributed by atoms with Gasteiger partial charge in [0, 0.05) is 25.0 Å². The van der Waals surface area contributed by atoms with E-state index < -0.39 is 0 Å². The molecule has 22 heavy (non-hydrogen) atoms. The van der Waals surface area contributed by atoms with Crippen molar-refractivity contribution < 1.29 is 4.74 Å². The van der Waals surface area contributed by atoms with Crippen LogP contribution in [0.25, 0.3) is 10.9 Å². The van der Waals surface area contributed by atoms with E-state index in [1.165, 1.54) is 0 Å². The van der Waals surface area contributed by atoms with Gasteiger partial charge < -0.3 is 9.72 Å². The summed E-state index contributed by atoms with van der Waals surface area (Å²) in [7, 11) is 0. The molecular weight excluding hydrogens is 278 g/mol. The molecule has 3 rings (SSSR count). The van der Waals surface area contributed by atoms with Crippen molar-refractivity contribution >= 4 is 10.9 Å². The van der Waals surface area contributed by atoms with Crippen molar-refractivity contribution in [1.29, 1.82) is 0 Å². The number of hydrogen-bond acceptors (Lipinski definition) is 4. The highest BCUT2D eigenvalue weighted by atomic mass is 16.5. The number of hydrogen-bond donors (Lipinski definition) is 1. The summed E-state index contributed by atoms with van der Waals surface area (Å²) in [4.78, 5) is 22.2. The summed E-state index contributed by atoms with van der Waals surface area (Å²) in [5.41, 5.74) is 1.68. The van der Waals surface area contributed by atoms with Gasteiger partial charge >= 0.3 is 0 Å². The zero-order chi connectivity index (χ0) is 15.7. The monoisotopic (exact) mass is 301 g/mol. The Hall–Kier alpha value is -1.72. The highest BCUT2D eigenvalue weighted by Gasteiger charge is 2.18. The Labute approximate surface area is 130 Å². The first-order chi connectivity index (χ1) is 10.4. The first kappa shape index (κ1) is 15.2. The van der Waals surface area contributed by atoms with Crippen molar-refractivity contribution in [3.63, 3.8) is 0 Å². The van der Waals surface area contributed by atoms with Gasteiger partial charge in [0.25, 0.3) is 5.56 Å². The topological polar surface area (TPSA) is 58.2 Å². The fourth-order valence-electron chi connectivity index (χ4n) is 2.66. The van der Waals surface area contributed by atoms with Crippen molar-refractivity contribution in [2.75, 3.05) is 26.3 Å². The van der Waals surface area contributed by atoms with E-state index in [9.17, 15) is 4.79 Å². The van der Waals surface area contributed by atoms with Crippen LogP contribution >= 0.6 is 0 Å². The van der Waals surface area contributed by atoms with Crippen LogP contribution in [0.3, 0.4) is 0 Å². The molecule has 118 valence electrons. The van der Waals surface area contributed by atoms with Crippen LogP contribution in [0.4, 0.5) is 0 Å². The van der Waals surface area contributed by atoms with Crippen LogP contribution in [-0.4, -0.2) is 41.2 Å². The van der Waals surface area contributed by atoms with E-state index in [0.29, 0.717) is 5.39 Å². The lowest BCUT2D eigenvalue weighted by atomic mass is 9.95. The van der Waals surface area contributed by atoms with Crippen LogP contribution < -0.4 is 5.56 Å². The molecule has 0 bridgehead atoms. The molecule has 0 saturated carbocycles. The average Bonchev–Trinajstić information content (AvgIpc) is 2.48. The Morgan fingerprint density at radius 2 is 2.00 bits per heavy atom. The molecule has 1 fully saturated rings. The lowest BCUT2D eigenvalue weighted by molar-refractivity contribution is 0.0342. The lowest BCUT2D eigenvalue weighted by Crippen LogP contribution is -2.35. The van der Waals surface area contributed by atoms with Crippen LogP contribution in [0.1, 0.15) is 32.2 Å². The largest absolute Gasteiger partial charge is 0.379 e. The number of nitrogens with zero attached hydrogens (tertiary/aromatic N) is 2. The SMILES string of the molecule is CC(C)(C)c1nc2ccc(CN3CCOCC3)cc2c(=O)[nH]1. The van der Waals surface area contributed by atoms with Crippen molar-refractivity contribution in [3.8, 4) is 0 Å². The number of rotatable bonds is 2. The minimum absolute atomic E-state index is 0.0567. The summed E-state index contributed by atoms with van der Waals surface area (Å²) >= 11 is 0. The molecule has 5 nitrogen and oxygen atoms in total. The standard InChI is InChI=1S/C17H23N3O2/c1-17(2,3)16-18-14-5-4-12(10-13(14)15(21)19-16)11-20-6-8-22-9-7-20/h4-5,10H,6-9,11H2,1-3H3,(H,18,19,21). The number of fused-ring (bicyclic) bond motifs is 1. The number of morpholine rings is 1. The van der Waals surface area contributed by atoms with Crippen molar-refractivity contribution in [2.45, 2.75) is 32.7 Å². The molecule has 1 aromatic carbocycles.